The normalized spacial score (nSPS) is 12.3. The van der Waals surface area contributed by atoms with Crippen LogP contribution in [0.2, 0.25) is 0 Å². The van der Waals surface area contributed by atoms with Gasteiger partial charge in [0.25, 0.3) is 5.91 Å². The van der Waals surface area contributed by atoms with Gasteiger partial charge < -0.3 is 21.2 Å². The Kier molecular flexibility index (Phi) is 9.74. The fourth-order valence-electron chi connectivity index (χ4n) is 3.21. The lowest BCUT2D eigenvalue weighted by molar-refractivity contribution is -0.143. The van der Waals surface area contributed by atoms with Crippen LogP contribution in [0, 0.1) is 0 Å². The largest absolute Gasteiger partial charge is 0.481 e. The number of hydrazine groups is 1. The summed E-state index contributed by atoms with van der Waals surface area (Å²) in [4.78, 5) is 39.2. The summed E-state index contributed by atoms with van der Waals surface area (Å²) in [7, 11) is 0. The smallest absolute Gasteiger partial charge is 0.418 e. The average molecular weight is 587 g/mol. The van der Waals surface area contributed by atoms with E-state index in [9.17, 15) is 53.9 Å². The lowest BCUT2D eigenvalue weighted by Gasteiger charge is -2.20. The Morgan fingerprint density at radius 3 is 2.00 bits per heavy atom. The van der Waals surface area contributed by atoms with Crippen molar-refractivity contribution in [3.8, 4) is 0 Å². The standard InChI is InChI=1S/C22H18F9N5O4/c23-20(24,25)12-4-11(5-14(6-12)34-9-35-32)19(40)33-8-16(37)36-18-10(1-2-17(38)39)3-13(21(26,27)28)7-15(18)22(29,30)31/h3-7,9H,1-2,8,32H2,(H,33,40)(H,34,35)(H,36,37)(H,38,39). The quantitative estimate of drug-likeness (QED) is 0.0975. The second kappa shape index (κ2) is 12.2. The molecule has 0 unspecified atom stereocenters. The summed E-state index contributed by atoms with van der Waals surface area (Å²) >= 11 is 0. The van der Waals surface area contributed by atoms with Crippen LogP contribution in [0.1, 0.15) is 39.0 Å². The highest BCUT2D eigenvalue weighted by Gasteiger charge is 2.40. The van der Waals surface area contributed by atoms with E-state index >= 15 is 0 Å². The summed E-state index contributed by atoms with van der Waals surface area (Å²) in [6, 6.07) is 1.81. The molecule has 0 saturated heterocycles. The monoisotopic (exact) mass is 587 g/mol. The van der Waals surface area contributed by atoms with Gasteiger partial charge in [-0.1, -0.05) is 0 Å². The predicted molar refractivity (Wildman–Crippen MR) is 120 cm³/mol. The first-order valence-electron chi connectivity index (χ1n) is 10.6. The number of halogens is 9. The second-order valence-electron chi connectivity index (χ2n) is 7.87. The van der Waals surface area contributed by atoms with Crippen LogP contribution in [0.25, 0.3) is 0 Å². The Labute approximate surface area is 218 Å². The van der Waals surface area contributed by atoms with Gasteiger partial charge in [0.2, 0.25) is 5.91 Å². The first-order valence-corrected chi connectivity index (χ1v) is 10.6. The summed E-state index contributed by atoms with van der Waals surface area (Å²) in [5.41, 5.74) is -6.08. The number of carboxylic acids is 1. The number of nitrogens with zero attached hydrogens (tertiary/aromatic N) is 1. The number of carbonyl (C=O) groups is 3. The van der Waals surface area contributed by atoms with Crippen LogP contribution in [0.15, 0.2) is 35.3 Å². The van der Waals surface area contributed by atoms with Crippen molar-refractivity contribution in [3.63, 3.8) is 0 Å². The van der Waals surface area contributed by atoms with Crippen LogP contribution in [-0.2, 0) is 34.5 Å². The van der Waals surface area contributed by atoms with E-state index in [2.05, 4.69) is 4.99 Å². The third kappa shape index (κ3) is 8.85. The van der Waals surface area contributed by atoms with Gasteiger partial charge in [0.15, 0.2) is 0 Å². The number of aryl methyl sites for hydroxylation is 1. The average Bonchev–Trinajstić information content (AvgIpc) is 2.83. The number of aliphatic imine (C=N–C) groups is 1. The molecule has 9 nitrogen and oxygen atoms in total. The third-order valence-corrected chi connectivity index (χ3v) is 4.93. The number of carboxylic acid groups (broad SMARTS) is 1. The fourth-order valence-corrected chi connectivity index (χ4v) is 3.21. The van der Waals surface area contributed by atoms with Crippen molar-refractivity contribution in [1.29, 1.82) is 0 Å². The van der Waals surface area contributed by atoms with Gasteiger partial charge in [0.05, 0.1) is 34.6 Å². The van der Waals surface area contributed by atoms with E-state index in [0.29, 0.717) is 12.1 Å². The van der Waals surface area contributed by atoms with Crippen molar-refractivity contribution in [3.05, 3.63) is 58.1 Å². The zero-order chi connectivity index (χ0) is 30.5. The second-order valence-corrected chi connectivity index (χ2v) is 7.87. The summed E-state index contributed by atoms with van der Waals surface area (Å²) < 4.78 is 120. The van der Waals surface area contributed by atoms with E-state index in [1.54, 1.807) is 5.32 Å². The van der Waals surface area contributed by atoms with E-state index in [4.69, 9.17) is 10.9 Å². The molecule has 0 radical (unpaired) electrons. The van der Waals surface area contributed by atoms with Gasteiger partial charge in [0, 0.05) is 12.0 Å². The number of alkyl halides is 9. The van der Waals surface area contributed by atoms with E-state index in [1.165, 1.54) is 0 Å². The van der Waals surface area contributed by atoms with Crippen LogP contribution in [-0.4, -0.2) is 35.8 Å². The number of aliphatic carboxylic acids is 1. The molecule has 6 N–H and O–H groups in total. The minimum atomic E-state index is -5.43. The highest BCUT2D eigenvalue weighted by atomic mass is 19.4. The maximum absolute atomic E-state index is 13.6. The van der Waals surface area contributed by atoms with Crippen LogP contribution >= 0.6 is 0 Å². The third-order valence-electron chi connectivity index (χ3n) is 4.93. The zero-order valence-electron chi connectivity index (χ0n) is 19.7. The van der Waals surface area contributed by atoms with Crippen molar-refractivity contribution >= 4 is 35.5 Å². The topological polar surface area (TPSA) is 146 Å². The van der Waals surface area contributed by atoms with Crippen LogP contribution in [0.5, 0.6) is 0 Å². The number of nitrogens with one attached hydrogen (secondary N) is 3. The Bertz CT molecular complexity index is 1310. The van der Waals surface area contributed by atoms with Gasteiger partial charge >= 0.3 is 24.5 Å². The van der Waals surface area contributed by atoms with Gasteiger partial charge in [-0.15, -0.1) is 0 Å². The number of hydrogen-bond acceptors (Lipinski definition) is 5. The molecule has 0 bridgehead atoms. The molecule has 0 aliphatic carbocycles. The van der Waals surface area contributed by atoms with E-state index in [-0.39, 0.29) is 17.8 Å². The Morgan fingerprint density at radius 2 is 1.48 bits per heavy atom. The summed E-state index contributed by atoms with van der Waals surface area (Å²) in [6.07, 6.45) is -16.5. The maximum atomic E-state index is 13.6. The van der Waals surface area contributed by atoms with Crippen molar-refractivity contribution in [2.75, 3.05) is 11.9 Å². The lowest BCUT2D eigenvalue weighted by Crippen LogP contribution is -2.33. The highest BCUT2D eigenvalue weighted by Crippen LogP contribution is 2.42. The Morgan fingerprint density at radius 1 is 0.875 bits per heavy atom. The van der Waals surface area contributed by atoms with Crippen molar-refractivity contribution in [1.82, 2.24) is 10.7 Å². The maximum Gasteiger partial charge on any atom is 0.418 e. The zero-order valence-corrected chi connectivity index (χ0v) is 19.7. The number of carbonyl (C=O) groups excluding carboxylic acids is 2. The molecule has 0 aromatic heterocycles. The molecule has 0 aliphatic heterocycles. The van der Waals surface area contributed by atoms with Crippen LogP contribution in [0.3, 0.4) is 0 Å². The number of anilines is 1. The molecular weight excluding hydrogens is 569 g/mol. The van der Waals surface area contributed by atoms with E-state index in [1.807, 2.05) is 10.7 Å². The Balaban J connectivity index is 2.37. The number of rotatable bonds is 9. The number of nitrogens with two attached hydrogens (primary N) is 1. The lowest BCUT2D eigenvalue weighted by atomic mass is 9.98. The minimum absolute atomic E-state index is 0.243. The first-order chi connectivity index (χ1) is 18.3. The summed E-state index contributed by atoms with van der Waals surface area (Å²) in [6.45, 7) is -1.13. The molecule has 18 heteroatoms. The molecule has 40 heavy (non-hydrogen) atoms. The molecule has 0 aliphatic rings. The van der Waals surface area contributed by atoms with Crippen molar-refractivity contribution in [2.24, 2.45) is 10.8 Å². The minimum Gasteiger partial charge on any atom is -0.481 e. The molecule has 0 spiro atoms. The molecule has 218 valence electrons. The fraction of sp³-hybridized carbons (Fsp3) is 0.273. The van der Waals surface area contributed by atoms with Crippen molar-refractivity contribution < 1.29 is 59.0 Å². The van der Waals surface area contributed by atoms with Crippen molar-refractivity contribution in [2.45, 2.75) is 31.4 Å². The molecule has 0 fully saturated rings. The predicted octanol–water partition coefficient (Wildman–Crippen LogP) is 4.25. The van der Waals surface area contributed by atoms with Gasteiger partial charge in [-0.3, -0.25) is 14.4 Å². The van der Waals surface area contributed by atoms with Gasteiger partial charge in [-0.25, -0.2) is 10.8 Å². The van der Waals surface area contributed by atoms with Gasteiger partial charge in [-0.05, 0) is 42.3 Å². The Hall–Kier alpha value is -4.35. The highest BCUT2D eigenvalue weighted by molar-refractivity contribution is 6.00. The number of hydrogen-bond donors (Lipinski definition) is 5. The first kappa shape index (κ1) is 31.9. The SMILES string of the molecule is NNC=Nc1cc(C(=O)NCC(=O)Nc2c(CCC(=O)O)cc(C(F)(F)F)cc2C(F)(F)F)cc(C(F)(F)F)c1. The van der Waals surface area contributed by atoms with Gasteiger partial charge in [-0.2, -0.15) is 39.5 Å². The molecule has 2 aromatic rings. The molecule has 0 atom stereocenters. The van der Waals surface area contributed by atoms with Gasteiger partial charge in [0.1, 0.15) is 6.34 Å². The summed E-state index contributed by atoms with van der Waals surface area (Å²) in [5.74, 6) is 0.706. The van der Waals surface area contributed by atoms with E-state index < -0.39 is 89.2 Å². The molecule has 0 saturated carbocycles. The molecule has 2 rings (SSSR count). The number of amides is 2. The number of benzene rings is 2. The molecule has 2 aromatic carbocycles. The molecular formula is C22H18F9N5O4. The van der Waals surface area contributed by atoms with E-state index in [0.717, 1.165) is 12.4 Å². The van der Waals surface area contributed by atoms with Crippen LogP contribution in [0.4, 0.5) is 50.9 Å². The molecule has 0 heterocycles. The molecule has 2 amide bonds. The summed E-state index contributed by atoms with van der Waals surface area (Å²) in [5, 5.41) is 12.4. The van der Waals surface area contributed by atoms with Crippen LogP contribution < -0.4 is 21.9 Å².